The molecule has 1 unspecified atom stereocenters. The van der Waals surface area contributed by atoms with E-state index in [1.807, 2.05) is 11.3 Å². The fraction of sp³-hybridized carbons (Fsp3) is 0.692. The Bertz CT molecular complexity index is 361. The Kier molecular flexibility index (Phi) is 3.75. The lowest BCUT2D eigenvalue weighted by Crippen LogP contribution is -2.30. The van der Waals surface area contributed by atoms with Gasteiger partial charge in [0.25, 0.3) is 0 Å². The second kappa shape index (κ2) is 5.31. The van der Waals surface area contributed by atoms with E-state index in [-0.39, 0.29) is 0 Å². The van der Waals surface area contributed by atoms with Crippen molar-refractivity contribution < 1.29 is 0 Å². The van der Waals surface area contributed by atoms with Crippen molar-refractivity contribution >= 4 is 23.1 Å². The molecular formula is C13H20N2S2. The Balaban J connectivity index is 1.73. The maximum Gasteiger partial charge on any atom is 0.0556 e. The molecule has 0 radical (unpaired) electrons. The van der Waals surface area contributed by atoms with Crippen LogP contribution in [0.2, 0.25) is 0 Å². The minimum Gasteiger partial charge on any atom is -0.271 e. The van der Waals surface area contributed by atoms with Crippen molar-refractivity contribution in [3.63, 3.8) is 0 Å². The number of nitrogens with one attached hydrogen (secondary N) is 1. The third-order valence-electron chi connectivity index (χ3n) is 3.99. The molecule has 3 N–H and O–H groups in total. The molecule has 3 rings (SSSR count). The van der Waals surface area contributed by atoms with Crippen molar-refractivity contribution in [2.45, 2.75) is 43.9 Å². The number of hydrogen-bond acceptors (Lipinski definition) is 4. The van der Waals surface area contributed by atoms with E-state index in [9.17, 15) is 0 Å². The normalized spacial score (nSPS) is 21.9. The van der Waals surface area contributed by atoms with Gasteiger partial charge >= 0.3 is 0 Å². The number of aryl methyl sites for hydroxylation is 1. The van der Waals surface area contributed by atoms with E-state index in [0.29, 0.717) is 6.04 Å². The van der Waals surface area contributed by atoms with Crippen LogP contribution in [0.25, 0.3) is 0 Å². The number of nitrogens with two attached hydrogens (primary N) is 1. The van der Waals surface area contributed by atoms with Crippen molar-refractivity contribution in [1.82, 2.24) is 5.43 Å². The standard InChI is InChI=1S/C13H20N2S2/c14-15-11(6-9-2-1-3-9)13-7-10-8-16-5-4-12(10)17-13/h7,9,11,15H,1-6,8,14H2. The monoisotopic (exact) mass is 268 g/mol. The highest BCUT2D eigenvalue weighted by Gasteiger charge is 2.24. The van der Waals surface area contributed by atoms with E-state index in [0.717, 1.165) is 5.92 Å². The summed E-state index contributed by atoms with van der Waals surface area (Å²) in [5.74, 6) is 9.14. The van der Waals surface area contributed by atoms with Crippen LogP contribution in [-0.2, 0) is 12.2 Å². The first-order valence-electron chi connectivity index (χ1n) is 6.52. The van der Waals surface area contributed by atoms with Crippen molar-refractivity contribution in [3.05, 3.63) is 21.4 Å². The van der Waals surface area contributed by atoms with Gasteiger partial charge in [-0.3, -0.25) is 11.3 Å². The highest BCUT2D eigenvalue weighted by atomic mass is 32.2. The highest BCUT2D eigenvalue weighted by Crippen LogP contribution is 2.39. The van der Waals surface area contributed by atoms with Gasteiger partial charge in [0.15, 0.2) is 0 Å². The predicted octanol–water partition coefficient (Wildman–Crippen LogP) is 3.23. The maximum atomic E-state index is 5.74. The van der Waals surface area contributed by atoms with Gasteiger partial charge in [0.1, 0.15) is 0 Å². The van der Waals surface area contributed by atoms with E-state index in [4.69, 9.17) is 5.84 Å². The molecule has 0 amide bonds. The molecular weight excluding hydrogens is 248 g/mol. The third kappa shape index (κ3) is 2.55. The summed E-state index contributed by atoms with van der Waals surface area (Å²) < 4.78 is 0. The number of hydrazine groups is 1. The van der Waals surface area contributed by atoms with Crippen molar-refractivity contribution in [1.29, 1.82) is 0 Å². The van der Waals surface area contributed by atoms with Gasteiger partial charge in [-0.25, -0.2) is 0 Å². The molecule has 1 saturated carbocycles. The molecule has 94 valence electrons. The van der Waals surface area contributed by atoms with Crippen LogP contribution in [-0.4, -0.2) is 5.75 Å². The Hall–Kier alpha value is -0.0300. The van der Waals surface area contributed by atoms with Crippen molar-refractivity contribution in [3.8, 4) is 0 Å². The van der Waals surface area contributed by atoms with Crippen molar-refractivity contribution in [2.75, 3.05) is 5.75 Å². The fourth-order valence-corrected chi connectivity index (χ4v) is 5.12. The molecule has 1 atom stereocenters. The second-order valence-electron chi connectivity index (χ2n) is 5.15. The van der Waals surface area contributed by atoms with E-state index in [1.165, 1.54) is 48.5 Å². The lowest BCUT2D eigenvalue weighted by Gasteiger charge is -2.28. The van der Waals surface area contributed by atoms with Gasteiger partial charge in [-0.1, -0.05) is 19.3 Å². The lowest BCUT2D eigenvalue weighted by atomic mass is 9.80. The smallest absolute Gasteiger partial charge is 0.0556 e. The molecule has 1 fully saturated rings. The van der Waals surface area contributed by atoms with Gasteiger partial charge in [0.2, 0.25) is 0 Å². The van der Waals surface area contributed by atoms with Gasteiger partial charge in [-0.15, -0.1) is 11.3 Å². The Morgan fingerprint density at radius 2 is 2.35 bits per heavy atom. The SMILES string of the molecule is NNC(CC1CCC1)c1cc2c(s1)CCSC2. The van der Waals surface area contributed by atoms with Gasteiger partial charge in [-0.2, -0.15) is 11.8 Å². The summed E-state index contributed by atoms with van der Waals surface area (Å²) in [5, 5.41) is 0. The van der Waals surface area contributed by atoms with Crippen LogP contribution in [0.5, 0.6) is 0 Å². The van der Waals surface area contributed by atoms with Crippen LogP contribution in [0, 0.1) is 5.92 Å². The average molecular weight is 268 g/mol. The lowest BCUT2D eigenvalue weighted by molar-refractivity contribution is 0.263. The molecule has 0 spiro atoms. The average Bonchev–Trinajstić information content (AvgIpc) is 2.71. The molecule has 2 nitrogen and oxygen atoms in total. The van der Waals surface area contributed by atoms with Crippen LogP contribution >= 0.6 is 23.1 Å². The topological polar surface area (TPSA) is 38.0 Å². The zero-order chi connectivity index (χ0) is 11.7. The van der Waals surface area contributed by atoms with Crippen LogP contribution < -0.4 is 11.3 Å². The summed E-state index contributed by atoms with van der Waals surface area (Å²) in [5.41, 5.74) is 4.60. The first-order valence-corrected chi connectivity index (χ1v) is 8.49. The molecule has 0 aromatic carbocycles. The van der Waals surface area contributed by atoms with Gasteiger partial charge in [0, 0.05) is 15.5 Å². The van der Waals surface area contributed by atoms with Gasteiger partial charge in [0.05, 0.1) is 6.04 Å². The van der Waals surface area contributed by atoms with Crippen LogP contribution in [0.1, 0.15) is 47.0 Å². The Morgan fingerprint density at radius 1 is 1.47 bits per heavy atom. The number of thioether (sulfide) groups is 1. The summed E-state index contributed by atoms with van der Waals surface area (Å²) in [6.45, 7) is 0. The zero-order valence-electron chi connectivity index (χ0n) is 10.1. The van der Waals surface area contributed by atoms with E-state index in [2.05, 4.69) is 23.3 Å². The first kappa shape index (κ1) is 12.0. The summed E-state index contributed by atoms with van der Waals surface area (Å²) in [6.07, 6.45) is 6.70. The number of fused-ring (bicyclic) bond motifs is 1. The highest BCUT2D eigenvalue weighted by molar-refractivity contribution is 7.98. The maximum absolute atomic E-state index is 5.74. The second-order valence-corrected chi connectivity index (χ2v) is 7.43. The molecule has 17 heavy (non-hydrogen) atoms. The minimum absolute atomic E-state index is 0.390. The van der Waals surface area contributed by atoms with Crippen LogP contribution in [0.15, 0.2) is 6.07 Å². The molecule has 0 saturated heterocycles. The zero-order valence-corrected chi connectivity index (χ0v) is 11.7. The summed E-state index contributed by atoms with van der Waals surface area (Å²) in [6, 6.07) is 2.79. The molecule has 0 bridgehead atoms. The molecule has 1 aliphatic carbocycles. The van der Waals surface area contributed by atoms with Gasteiger partial charge in [-0.05, 0) is 36.1 Å². The molecule has 1 aromatic heterocycles. The molecule has 2 heterocycles. The van der Waals surface area contributed by atoms with Gasteiger partial charge < -0.3 is 0 Å². The van der Waals surface area contributed by atoms with Crippen molar-refractivity contribution in [2.24, 2.45) is 11.8 Å². The van der Waals surface area contributed by atoms with Crippen LogP contribution in [0.3, 0.4) is 0 Å². The molecule has 2 aliphatic rings. The predicted molar refractivity (Wildman–Crippen MR) is 76.2 cm³/mol. The third-order valence-corrected chi connectivity index (χ3v) is 6.34. The summed E-state index contributed by atoms with van der Waals surface area (Å²) in [4.78, 5) is 3.07. The largest absolute Gasteiger partial charge is 0.271 e. The number of rotatable bonds is 4. The molecule has 4 heteroatoms. The quantitative estimate of drug-likeness (QED) is 0.650. The van der Waals surface area contributed by atoms with E-state index < -0.39 is 0 Å². The number of hydrogen-bond donors (Lipinski definition) is 2. The Morgan fingerprint density at radius 3 is 3.00 bits per heavy atom. The molecule has 1 aromatic rings. The van der Waals surface area contributed by atoms with E-state index >= 15 is 0 Å². The summed E-state index contributed by atoms with van der Waals surface area (Å²) in [7, 11) is 0. The number of thiophene rings is 1. The fourth-order valence-electron chi connectivity index (χ4n) is 2.67. The van der Waals surface area contributed by atoms with Crippen LogP contribution in [0.4, 0.5) is 0 Å². The summed E-state index contributed by atoms with van der Waals surface area (Å²) >= 11 is 4.04. The minimum atomic E-state index is 0.390. The Labute approximate surface area is 111 Å². The first-order chi connectivity index (χ1) is 8.36. The van der Waals surface area contributed by atoms with E-state index in [1.54, 1.807) is 10.4 Å². The molecule has 1 aliphatic heterocycles.